The summed E-state index contributed by atoms with van der Waals surface area (Å²) in [6.45, 7) is 6.53. The second-order valence-corrected chi connectivity index (χ2v) is 8.22. The molecule has 6 nitrogen and oxygen atoms in total. The van der Waals surface area contributed by atoms with Crippen LogP contribution in [0.5, 0.6) is 0 Å². The van der Waals surface area contributed by atoms with E-state index in [0.717, 1.165) is 34.1 Å². The maximum atomic E-state index is 12.2. The van der Waals surface area contributed by atoms with Crippen molar-refractivity contribution < 1.29 is 14.7 Å². The van der Waals surface area contributed by atoms with Gasteiger partial charge in [0.2, 0.25) is 0 Å². The molecule has 2 aromatic carbocycles. The summed E-state index contributed by atoms with van der Waals surface area (Å²) in [6.07, 6.45) is 2.70. The van der Waals surface area contributed by atoms with Gasteiger partial charge in [-0.2, -0.15) is 0 Å². The Bertz CT molecular complexity index is 1060. The van der Waals surface area contributed by atoms with Crippen molar-refractivity contribution in [2.45, 2.75) is 39.7 Å². The van der Waals surface area contributed by atoms with Crippen LogP contribution in [0.1, 0.15) is 54.2 Å². The number of aromatic nitrogens is 1. The fourth-order valence-corrected chi connectivity index (χ4v) is 3.60. The van der Waals surface area contributed by atoms with Gasteiger partial charge in [-0.05, 0) is 48.6 Å². The van der Waals surface area contributed by atoms with Crippen LogP contribution in [0.3, 0.4) is 0 Å². The molecule has 0 saturated carbocycles. The SMILES string of the molecule is Cc1cccc2cc(NC(CC(C)C)c3ccc(C(=O)NCCC(=O)O)cc3)cnc12. The Labute approximate surface area is 182 Å². The second-order valence-electron chi connectivity index (χ2n) is 8.22. The Morgan fingerprint density at radius 2 is 1.84 bits per heavy atom. The zero-order valence-corrected chi connectivity index (χ0v) is 18.2. The number of amides is 1. The number of carboxylic acid groups (broad SMARTS) is 1. The lowest BCUT2D eigenvalue weighted by Crippen LogP contribution is -2.26. The van der Waals surface area contributed by atoms with E-state index in [1.165, 1.54) is 0 Å². The largest absolute Gasteiger partial charge is 0.481 e. The van der Waals surface area contributed by atoms with Gasteiger partial charge in [0.05, 0.1) is 29.9 Å². The van der Waals surface area contributed by atoms with E-state index in [0.29, 0.717) is 11.5 Å². The summed E-state index contributed by atoms with van der Waals surface area (Å²) in [6, 6.07) is 15.8. The zero-order valence-electron chi connectivity index (χ0n) is 18.2. The molecule has 1 atom stereocenters. The summed E-state index contributed by atoms with van der Waals surface area (Å²) >= 11 is 0. The number of aliphatic carboxylic acids is 1. The summed E-state index contributed by atoms with van der Waals surface area (Å²) in [5.74, 6) is -0.723. The van der Waals surface area contributed by atoms with Gasteiger partial charge in [0.15, 0.2) is 0 Å². The number of nitrogens with zero attached hydrogens (tertiary/aromatic N) is 1. The van der Waals surface area contributed by atoms with Gasteiger partial charge in [-0.1, -0.05) is 44.2 Å². The molecule has 3 aromatic rings. The number of carbonyl (C=O) groups excluding carboxylic acids is 1. The number of anilines is 1. The highest BCUT2D eigenvalue weighted by atomic mass is 16.4. The number of rotatable bonds is 9. The Hall–Kier alpha value is -3.41. The first-order valence-corrected chi connectivity index (χ1v) is 10.6. The molecule has 0 bridgehead atoms. The number of carboxylic acids is 1. The summed E-state index contributed by atoms with van der Waals surface area (Å²) in [5.41, 5.74) is 4.71. The van der Waals surface area contributed by atoms with Crippen molar-refractivity contribution >= 4 is 28.5 Å². The smallest absolute Gasteiger partial charge is 0.305 e. The van der Waals surface area contributed by atoms with Gasteiger partial charge in [-0.15, -0.1) is 0 Å². The lowest BCUT2D eigenvalue weighted by Gasteiger charge is -2.23. The second kappa shape index (κ2) is 10.1. The molecule has 1 unspecified atom stereocenters. The van der Waals surface area contributed by atoms with Crippen LogP contribution in [-0.4, -0.2) is 28.5 Å². The van der Waals surface area contributed by atoms with Gasteiger partial charge >= 0.3 is 5.97 Å². The quantitative estimate of drug-likeness (QED) is 0.457. The van der Waals surface area contributed by atoms with Crippen LogP contribution >= 0.6 is 0 Å². The van der Waals surface area contributed by atoms with Crippen LogP contribution in [0.15, 0.2) is 54.7 Å². The number of para-hydroxylation sites is 1. The molecule has 0 spiro atoms. The van der Waals surface area contributed by atoms with Crippen LogP contribution in [0.4, 0.5) is 5.69 Å². The standard InChI is InChI=1S/C25H29N3O3/c1-16(2)13-22(28-21-14-20-6-4-5-17(3)24(20)27-15-21)18-7-9-19(10-8-18)25(31)26-12-11-23(29)30/h4-10,14-16,22,28H,11-13H2,1-3H3,(H,26,31)(H,29,30). The number of fused-ring (bicyclic) bond motifs is 1. The van der Waals surface area contributed by atoms with Crippen LogP contribution in [0.2, 0.25) is 0 Å². The molecule has 31 heavy (non-hydrogen) atoms. The van der Waals surface area contributed by atoms with E-state index in [1.54, 1.807) is 12.1 Å². The van der Waals surface area contributed by atoms with Gasteiger partial charge in [0.25, 0.3) is 5.91 Å². The van der Waals surface area contributed by atoms with Crippen molar-refractivity contribution in [1.82, 2.24) is 10.3 Å². The minimum atomic E-state index is -0.934. The van der Waals surface area contributed by atoms with Crippen molar-refractivity contribution in [2.24, 2.45) is 5.92 Å². The first-order chi connectivity index (χ1) is 14.8. The Morgan fingerprint density at radius 1 is 1.10 bits per heavy atom. The monoisotopic (exact) mass is 419 g/mol. The Morgan fingerprint density at radius 3 is 2.52 bits per heavy atom. The van der Waals surface area contributed by atoms with E-state index in [1.807, 2.05) is 24.4 Å². The predicted octanol–water partition coefficient (Wildman–Crippen LogP) is 4.95. The van der Waals surface area contributed by atoms with Gasteiger partial charge < -0.3 is 15.7 Å². The number of hydrogen-bond donors (Lipinski definition) is 3. The van der Waals surface area contributed by atoms with Crippen molar-refractivity contribution in [3.05, 3.63) is 71.4 Å². The fraction of sp³-hybridized carbons (Fsp3) is 0.320. The topological polar surface area (TPSA) is 91.3 Å². The lowest BCUT2D eigenvalue weighted by molar-refractivity contribution is -0.136. The molecule has 0 aliphatic rings. The van der Waals surface area contributed by atoms with Crippen LogP contribution < -0.4 is 10.6 Å². The molecule has 0 aliphatic heterocycles. The zero-order chi connectivity index (χ0) is 22.4. The molecule has 0 saturated heterocycles. The van der Waals surface area contributed by atoms with E-state index >= 15 is 0 Å². The van der Waals surface area contributed by atoms with Crippen molar-refractivity contribution in [3.63, 3.8) is 0 Å². The van der Waals surface area contributed by atoms with E-state index in [2.05, 4.69) is 54.6 Å². The van der Waals surface area contributed by atoms with Crippen molar-refractivity contribution in [2.75, 3.05) is 11.9 Å². The molecule has 3 N–H and O–H groups in total. The molecule has 162 valence electrons. The predicted molar refractivity (Wildman–Crippen MR) is 123 cm³/mol. The first-order valence-electron chi connectivity index (χ1n) is 10.6. The Kier molecular flexibility index (Phi) is 7.23. The summed E-state index contributed by atoms with van der Waals surface area (Å²) < 4.78 is 0. The molecule has 1 heterocycles. The highest BCUT2D eigenvalue weighted by Crippen LogP contribution is 2.28. The van der Waals surface area contributed by atoms with E-state index < -0.39 is 5.97 Å². The van der Waals surface area contributed by atoms with E-state index in [9.17, 15) is 9.59 Å². The molecule has 1 aromatic heterocycles. The number of hydrogen-bond acceptors (Lipinski definition) is 4. The highest BCUT2D eigenvalue weighted by Gasteiger charge is 2.15. The molecule has 0 fully saturated rings. The van der Waals surface area contributed by atoms with E-state index in [-0.39, 0.29) is 24.9 Å². The third-order valence-electron chi connectivity index (χ3n) is 5.16. The molecule has 1 amide bonds. The number of carbonyl (C=O) groups is 2. The molecule has 3 rings (SSSR count). The average Bonchev–Trinajstić information content (AvgIpc) is 2.73. The first kappa shape index (κ1) is 22.3. The van der Waals surface area contributed by atoms with E-state index in [4.69, 9.17) is 5.11 Å². The molecule has 0 aliphatic carbocycles. The number of nitrogens with one attached hydrogen (secondary N) is 2. The summed E-state index contributed by atoms with van der Waals surface area (Å²) in [4.78, 5) is 27.4. The van der Waals surface area contributed by atoms with Crippen molar-refractivity contribution in [3.8, 4) is 0 Å². The normalized spacial score (nSPS) is 12.0. The number of pyridine rings is 1. The molecular formula is C25H29N3O3. The number of aryl methyl sites for hydroxylation is 1. The third kappa shape index (κ3) is 6.04. The van der Waals surface area contributed by atoms with Gasteiger partial charge in [-0.3, -0.25) is 14.6 Å². The maximum Gasteiger partial charge on any atom is 0.305 e. The molecular weight excluding hydrogens is 390 g/mol. The fourth-order valence-electron chi connectivity index (χ4n) is 3.60. The minimum absolute atomic E-state index is 0.0770. The van der Waals surface area contributed by atoms with Crippen LogP contribution in [0, 0.1) is 12.8 Å². The van der Waals surface area contributed by atoms with Gasteiger partial charge in [0, 0.05) is 17.5 Å². The summed E-state index contributed by atoms with van der Waals surface area (Å²) in [7, 11) is 0. The van der Waals surface area contributed by atoms with Crippen molar-refractivity contribution in [1.29, 1.82) is 0 Å². The average molecular weight is 420 g/mol. The minimum Gasteiger partial charge on any atom is -0.481 e. The summed E-state index contributed by atoms with van der Waals surface area (Å²) in [5, 5.41) is 16.0. The number of benzene rings is 2. The van der Waals surface area contributed by atoms with Crippen LogP contribution in [0.25, 0.3) is 10.9 Å². The van der Waals surface area contributed by atoms with Crippen LogP contribution in [-0.2, 0) is 4.79 Å². The Balaban J connectivity index is 1.76. The maximum absolute atomic E-state index is 12.2. The van der Waals surface area contributed by atoms with Gasteiger partial charge in [-0.25, -0.2) is 0 Å². The third-order valence-corrected chi connectivity index (χ3v) is 5.16. The molecule has 6 heteroatoms. The highest BCUT2D eigenvalue weighted by molar-refractivity contribution is 5.94. The molecule has 0 radical (unpaired) electrons. The lowest BCUT2D eigenvalue weighted by atomic mass is 9.95. The van der Waals surface area contributed by atoms with Gasteiger partial charge in [0.1, 0.15) is 0 Å².